The van der Waals surface area contributed by atoms with E-state index in [0.29, 0.717) is 22.7 Å². The van der Waals surface area contributed by atoms with E-state index < -0.39 is 12.3 Å². The highest BCUT2D eigenvalue weighted by Crippen LogP contribution is 2.29. The van der Waals surface area contributed by atoms with E-state index in [-0.39, 0.29) is 5.75 Å². The number of benzene rings is 2. The van der Waals surface area contributed by atoms with Gasteiger partial charge in [-0.15, -0.1) is 13.2 Å². The first-order valence-electron chi connectivity index (χ1n) is 7.37. The van der Waals surface area contributed by atoms with Crippen molar-refractivity contribution < 1.29 is 32.2 Å². The zero-order valence-electron chi connectivity index (χ0n) is 14.0. The molecular formula is C18H16F3NO4. The van der Waals surface area contributed by atoms with Gasteiger partial charge in [-0.25, -0.2) is 0 Å². The second-order valence-corrected chi connectivity index (χ2v) is 5.01. The van der Waals surface area contributed by atoms with Crippen LogP contribution in [0.5, 0.6) is 17.2 Å². The summed E-state index contributed by atoms with van der Waals surface area (Å²) in [4.78, 5) is 12.0. The Morgan fingerprint density at radius 2 is 1.65 bits per heavy atom. The lowest BCUT2D eigenvalue weighted by Crippen LogP contribution is -2.16. The van der Waals surface area contributed by atoms with Gasteiger partial charge in [0.1, 0.15) is 17.2 Å². The second kappa shape index (κ2) is 8.28. The minimum atomic E-state index is -4.74. The molecule has 0 saturated heterocycles. The molecule has 0 spiro atoms. The molecule has 0 aliphatic rings. The second-order valence-electron chi connectivity index (χ2n) is 5.01. The molecule has 0 aliphatic heterocycles. The predicted molar refractivity (Wildman–Crippen MR) is 90.3 cm³/mol. The Bertz CT molecular complexity index is 786. The van der Waals surface area contributed by atoms with E-state index in [4.69, 9.17) is 9.47 Å². The van der Waals surface area contributed by atoms with E-state index in [1.807, 2.05) is 0 Å². The molecule has 0 fully saturated rings. The molecule has 0 bridgehead atoms. The molecule has 138 valence electrons. The van der Waals surface area contributed by atoms with Crippen molar-refractivity contribution >= 4 is 17.7 Å². The minimum Gasteiger partial charge on any atom is -0.497 e. The number of anilines is 1. The molecule has 2 rings (SSSR count). The maximum Gasteiger partial charge on any atom is 0.573 e. The van der Waals surface area contributed by atoms with Gasteiger partial charge >= 0.3 is 6.36 Å². The third-order valence-corrected chi connectivity index (χ3v) is 3.21. The molecule has 0 aromatic heterocycles. The van der Waals surface area contributed by atoms with Crippen LogP contribution in [0, 0.1) is 0 Å². The van der Waals surface area contributed by atoms with Gasteiger partial charge in [0.25, 0.3) is 0 Å². The number of hydrogen-bond acceptors (Lipinski definition) is 4. The maximum atomic E-state index is 12.1. The molecule has 0 radical (unpaired) electrons. The van der Waals surface area contributed by atoms with Gasteiger partial charge in [0.2, 0.25) is 5.91 Å². The van der Waals surface area contributed by atoms with Crippen molar-refractivity contribution in [3.8, 4) is 17.2 Å². The Labute approximate surface area is 148 Å². The van der Waals surface area contributed by atoms with Gasteiger partial charge in [-0.1, -0.05) is 12.1 Å². The summed E-state index contributed by atoms with van der Waals surface area (Å²) in [5, 5.41) is 2.64. The van der Waals surface area contributed by atoms with Crippen LogP contribution in [0.4, 0.5) is 18.9 Å². The van der Waals surface area contributed by atoms with Crippen molar-refractivity contribution in [1.82, 2.24) is 0 Å². The van der Waals surface area contributed by atoms with Gasteiger partial charge < -0.3 is 19.5 Å². The summed E-state index contributed by atoms with van der Waals surface area (Å²) in [6, 6.07) is 10.1. The predicted octanol–water partition coefficient (Wildman–Crippen LogP) is 4.25. The highest BCUT2D eigenvalue weighted by Gasteiger charge is 2.30. The first kappa shape index (κ1) is 19.2. The Morgan fingerprint density at radius 3 is 2.23 bits per heavy atom. The molecule has 2 aromatic rings. The topological polar surface area (TPSA) is 56.8 Å². The summed E-state index contributed by atoms with van der Waals surface area (Å²) in [5.74, 6) is 0.235. The van der Waals surface area contributed by atoms with Gasteiger partial charge in [0.05, 0.1) is 19.9 Å². The van der Waals surface area contributed by atoms with Crippen molar-refractivity contribution in [2.24, 2.45) is 0 Å². The normalized spacial score (nSPS) is 11.3. The molecule has 0 saturated carbocycles. The van der Waals surface area contributed by atoms with Gasteiger partial charge in [-0.3, -0.25) is 4.79 Å². The number of carbonyl (C=O) groups is 1. The monoisotopic (exact) mass is 367 g/mol. The first-order valence-corrected chi connectivity index (χ1v) is 7.37. The number of amides is 1. The van der Waals surface area contributed by atoms with E-state index in [0.717, 1.165) is 12.1 Å². The van der Waals surface area contributed by atoms with E-state index >= 15 is 0 Å². The molecule has 1 N–H and O–H groups in total. The van der Waals surface area contributed by atoms with Crippen molar-refractivity contribution in [3.05, 3.63) is 54.1 Å². The largest absolute Gasteiger partial charge is 0.573 e. The van der Waals surface area contributed by atoms with Crippen molar-refractivity contribution in [1.29, 1.82) is 0 Å². The van der Waals surface area contributed by atoms with Crippen molar-refractivity contribution in [3.63, 3.8) is 0 Å². The average Bonchev–Trinajstić information content (AvgIpc) is 2.59. The zero-order chi connectivity index (χ0) is 19.2. The molecule has 0 aliphatic carbocycles. The molecule has 2 aromatic carbocycles. The van der Waals surface area contributed by atoms with Crippen LogP contribution < -0.4 is 19.5 Å². The van der Waals surface area contributed by atoms with E-state index in [1.165, 1.54) is 38.5 Å². The molecule has 0 unspecified atom stereocenters. The fourth-order valence-corrected chi connectivity index (χ4v) is 2.04. The van der Waals surface area contributed by atoms with Crippen LogP contribution in [0.15, 0.2) is 48.5 Å². The third-order valence-electron chi connectivity index (χ3n) is 3.21. The number of halogens is 3. The maximum absolute atomic E-state index is 12.1. The molecule has 0 heterocycles. The van der Waals surface area contributed by atoms with Crippen LogP contribution in [0.1, 0.15) is 5.56 Å². The summed E-state index contributed by atoms with van der Waals surface area (Å²) >= 11 is 0. The number of hydrogen-bond donors (Lipinski definition) is 1. The lowest BCUT2D eigenvalue weighted by atomic mass is 10.2. The van der Waals surface area contributed by atoms with Crippen molar-refractivity contribution in [2.45, 2.75) is 6.36 Å². The van der Waals surface area contributed by atoms with E-state index in [1.54, 1.807) is 18.2 Å². The Morgan fingerprint density at radius 1 is 1.00 bits per heavy atom. The summed E-state index contributed by atoms with van der Waals surface area (Å²) in [6.45, 7) is 0. The fourth-order valence-electron chi connectivity index (χ4n) is 2.04. The van der Waals surface area contributed by atoms with Crippen LogP contribution in [-0.2, 0) is 4.79 Å². The van der Waals surface area contributed by atoms with Gasteiger partial charge in [-0.05, 0) is 35.9 Å². The van der Waals surface area contributed by atoms with Gasteiger partial charge in [-0.2, -0.15) is 0 Å². The van der Waals surface area contributed by atoms with Crippen LogP contribution in [-0.4, -0.2) is 26.5 Å². The molecule has 8 heteroatoms. The SMILES string of the molecule is COc1ccc(OC)c(NC(=O)/C=C/c2ccc(OC(F)(F)F)cc2)c1. The molecule has 26 heavy (non-hydrogen) atoms. The van der Waals surface area contributed by atoms with Crippen LogP contribution in [0.25, 0.3) is 6.08 Å². The van der Waals surface area contributed by atoms with Crippen LogP contribution in [0.3, 0.4) is 0 Å². The highest BCUT2D eigenvalue weighted by atomic mass is 19.4. The number of rotatable bonds is 6. The van der Waals surface area contributed by atoms with Gasteiger partial charge in [0.15, 0.2) is 0 Å². The lowest BCUT2D eigenvalue weighted by Gasteiger charge is -2.10. The third kappa shape index (κ3) is 5.73. The fraction of sp³-hybridized carbons (Fsp3) is 0.167. The number of nitrogens with one attached hydrogen (secondary N) is 1. The number of ether oxygens (including phenoxy) is 3. The molecule has 0 atom stereocenters. The number of methoxy groups -OCH3 is 2. The highest BCUT2D eigenvalue weighted by molar-refractivity contribution is 6.02. The standard InChI is InChI=1S/C18H16F3NO4/c1-24-14-8-9-16(25-2)15(11-14)22-17(23)10-5-12-3-6-13(7-4-12)26-18(19,20)21/h3-11H,1-2H3,(H,22,23)/b10-5+. The molecular weight excluding hydrogens is 351 g/mol. The summed E-state index contributed by atoms with van der Waals surface area (Å²) in [6.07, 6.45) is -2.04. The smallest absolute Gasteiger partial charge is 0.497 e. The Balaban J connectivity index is 2.03. The summed E-state index contributed by atoms with van der Waals surface area (Å²) in [5.41, 5.74) is 0.961. The first-order chi connectivity index (χ1) is 12.3. The van der Waals surface area contributed by atoms with Gasteiger partial charge in [0, 0.05) is 12.1 Å². The quantitative estimate of drug-likeness (QED) is 0.776. The number of carbonyl (C=O) groups excluding carboxylic acids is 1. The van der Waals surface area contributed by atoms with Crippen LogP contribution >= 0.6 is 0 Å². The Kier molecular flexibility index (Phi) is 6.11. The zero-order valence-corrected chi connectivity index (χ0v) is 14.0. The average molecular weight is 367 g/mol. The molecule has 1 amide bonds. The lowest BCUT2D eigenvalue weighted by molar-refractivity contribution is -0.274. The number of alkyl halides is 3. The minimum absolute atomic E-state index is 0.333. The summed E-state index contributed by atoms with van der Waals surface area (Å²) in [7, 11) is 2.97. The summed E-state index contributed by atoms with van der Waals surface area (Å²) < 4.78 is 50.4. The van der Waals surface area contributed by atoms with Crippen LogP contribution in [0.2, 0.25) is 0 Å². The van der Waals surface area contributed by atoms with E-state index in [9.17, 15) is 18.0 Å². The van der Waals surface area contributed by atoms with Crippen molar-refractivity contribution in [2.75, 3.05) is 19.5 Å². The van der Waals surface area contributed by atoms with E-state index in [2.05, 4.69) is 10.1 Å². The Hall–Kier alpha value is -3.16. The molecule has 5 nitrogen and oxygen atoms in total.